The molecule has 0 spiro atoms. The number of thioether (sulfide) groups is 1. The molecule has 0 amide bonds. The van der Waals surface area contributed by atoms with Crippen molar-refractivity contribution in [2.75, 3.05) is 11.6 Å². The first-order chi connectivity index (χ1) is 9.60. The molecular weight excluding hydrogens is 270 g/mol. The average Bonchev–Trinajstić information content (AvgIpc) is 2.87. The summed E-state index contributed by atoms with van der Waals surface area (Å²) in [5.74, 6) is 2.11. The van der Waals surface area contributed by atoms with E-state index in [0.29, 0.717) is 12.0 Å². The van der Waals surface area contributed by atoms with Gasteiger partial charge in [-0.1, -0.05) is 27.7 Å². The minimum absolute atomic E-state index is 0.301. The number of hydrogen-bond acceptors (Lipinski definition) is 5. The fraction of sp³-hybridized carbons (Fsp3) is 0.643. The maximum absolute atomic E-state index is 4.67. The van der Waals surface area contributed by atoms with Gasteiger partial charge in [0.2, 0.25) is 0 Å². The van der Waals surface area contributed by atoms with Crippen LogP contribution in [0.15, 0.2) is 11.0 Å². The molecule has 0 bridgehead atoms. The molecule has 0 fully saturated rings. The van der Waals surface area contributed by atoms with Crippen molar-refractivity contribution in [1.29, 1.82) is 0 Å². The number of nitrogens with one attached hydrogen (secondary N) is 1. The summed E-state index contributed by atoms with van der Waals surface area (Å²) >= 11 is 1.68. The lowest BCUT2D eigenvalue weighted by molar-refractivity contribution is 0.660. The third-order valence-corrected chi connectivity index (χ3v) is 4.17. The van der Waals surface area contributed by atoms with Crippen LogP contribution in [0.25, 0.3) is 5.65 Å². The van der Waals surface area contributed by atoms with Crippen molar-refractivity contribution >= 4 is 23.2 Å². The van der Waals surface area contributed by atoms with Crippen LogP contribution in [0.5, 0.6) is 0 Å². The molecule has 2 rings (SSSR count). The fourth-order valence-electron chi connectivity index (χ4n) is 2.15. The van der Waals surface area contributed by atoms with Crippen molar-refractivity contribution in [2.24, 2.45) is 0 Å². The van der Waals surface area contributed by atoms with Crippen molar-refractivity contribution in [1.82, 2.24) is 19.8 Å². The third kappa shape index (κ3) is 2.90. The predicted octanol–water partition coefficient (Wildman–Crippen LogP) is 3.57. The van der Waals surface area contributed by atoms with E-state index in [9.17, 15) is 0 Å². The van der Waals surface area contributed by atoms with Crippen LogP contribution < -0.4 is 5.32 Å². The molecule has 2 aromatic rings. The SMILES string of the molecule is CCC(CC)Nc1cc(SC)c2nnc(C(C)C)n2n1. The molecule has 0 aromatic carbocycles. The Hall–Kier alpha value is -1.30. The first-order valence-corrected chi connectivity index (χ1v) is 8.40. The van der Waals surface area contributed by atoms with Crippen LogP contribution in [0, 0.1) is 0 Å². The van der Waals surface area contributed by atoms with Crippen LogP contribution in [0.2, 0.25) is 0 Å². The Balaban J connectivity index is 2.48. The Morgan fingerprint density at radius 2 is 1.95 bits per heavy atom. The molecule has 0 atom stereocenters. The summed E-state index contributed by atoms with van der Waals surface area (Å²) in [7, 11) is 0. The Kier molecular flexibility index (Phi) is 4.86. The molecule has 5 nitrogen and oxygen atoms in total. The van der Waals surface area contributed by atoms with E-state index in [1.54, 1.807) is 11.8 Å². The Morgan fingerprint density at radius 1 is 1.25 bits per heavy atom. The van der Waals surface area contributed by atoms with E-state index >= 15 is 0 Å². The Labute approximate surface area is 124 Å². The molecule has 0 aliphatic carbocycles. The molecule has 0 unspecified atom stereocenters. The van der Waals surface area contributed by atoms with Gasteiger partial charge in [-0.05, 0) is 25.2 Å². The maximum Gasteiger partial charge on any atom is 0.191 e. The first kappa shape index (κ1) is 15.1. The Bertz CT molecular complexity index is 574. The van der Waals surface area contributed by atoms with Crippen LogP contribution in [-0.4, -0.2) is 32.1 Å². The second-order valence-electron chi connectivity index (χ2n) is 5.20. The quantitative estimate of drug-likeness (QED) is 0.825. The van der Waals surface area contributed by atoms with Gasteiger partial charge in [0, 0.05) is 12.0 Å². The number of nitrogens with zero attached hydrogens (tertiary/aromatic N) is 4. The van der Waals surface area contributed by atoms with Gasteiger partial charge in [0.15, 0.2) is 11.5 Å². The molecule has 110 valence electrons. The van der Waals surface area contributed by atoms with Gasteiger partial charge in [-0.2, -0.15) is 4.52 Å². The van der Waals surface area contributed by atoms with Crippen LogP contribution in [0.1, 0.15) is 52.3 Å². The van der Waals surface area contributed by atoms with Gasteiger partial charge in [0.05, 0.1) is 4.90 Å². The van der Waals surface area contributed by atoms with Gasteiger partial charge in [0.1, 0.15) is 5.82 Å². The van der Waals surface area contributed by atoms with Crippen molar-refractivity contribution in [3.05, 3.63) is 11.9 Å². The summed E-state index contributed by atoms with van der Waals surface area (Å²) in [5, 5.41) is 16.7. The second-order valence-corrected chi connectivity index (χ2v) is 6.05. The summed E-state index contributed by atoms with van der Waals surface area (Å²) in [6, 6.07) is 2.52. The summed E-state index contributed by atoms with van der Waals surface area (Å²) in [4.78, 5) is 1.10. The normalized spacial score (nSPS) is 11.8. The molecule has 20 heavy (non-hydrogen) atoms. The summed E-state index contributed by atoms with van der Waals surface area (Å²) in [5.41, 5.74) is 0.844. The largest absolute Gasteiger partial charge is 0.366 e. The zero-order valence-corrected chi connectivity index (χ0v) is 13.7. The van der Waals surface area contributed by atoms with Gasteiger partial charge in [0.25, 0.3) is 0 Å². The van der Waals surface area contributed by atoms with E-state index in [1.807, 2.05) is 4.52 Å². The van der Waals surface area contributed by atoms with Crippen LogP contribution in [0.4, 0.5) is 5.82 Å². The van der Waals surface area contributed by atoms with E-state index < -0.39 is 0 Å². The molecule has 0 aliphatic heterocycles. The number of rotatable bonds is 6. The predicted molar refractivity (Wildman–Crippen MR) is 84.6 cm³/mol. The van der Waals surface area contributed by atoms with Crippen LogP contribution in [-0.2, 0) is 0 Å². The molecule has 1 N–H and O–H groups in total. The first-order valence-electron chi connectivity index (χ1n) is 7.17. The van der Waals surface area contributed by atoms with Crippen molar-refractivity contribution in [3.63, 3.8) is 0 Å². The van der Waals surface area contributed by atoms with Crippen LogP contribution in [0.3, 0.4) is 0 Å². The van der Waals surface area contributed by atoms with E-state index in [0.717, 1.165) is 35.0 Å². The van der Waals surface area contributed by atoms with Gasteiger partial charge in [-0.3, -0.25) is 0 Å². The van der Waals surface area contributed by atoms with E-state index in [2.05, 4.69) is 60.6 Å². The minimum atomic E-state index is 0.301. The standard InChI is InChI=1S/C14H23N5S/c1-6-10(7-2)15-12-8-11(20-5)14-17-16-13(9(3)4)19(14)18-12/h8-10H,6-7H2,1-5H3,(H,15,18). The summed E-state index contributed by atoms with van der Waals surface area (Å²) < 4.78 is 1.88. The molecular formula is C14H23N5S. The topological polar surface area (TPSA) is 55.1 Å². The maximum atomic E-state index is 4.67. The highest BCUT2D eigenvalue weighted by atomic mass is 32.2. The lowest BCUT2D eigenvalue weighted by atomic mass is 10.2. The van der Waals surface area contributed by atoms with Gasteiger partial charge < -0.3 is 5.32 Å². The molecule has 0 radical (unpaired) electrons. The summed E-state index contributed by atoms with van der Waals surface area (Å²) in [6.45, 7) is 8.59. The molecule has 0 saturated heterocycles. The highest BCUT2D eigenvalue weighted by Crippen LogP contribution is 2.25. The van der Waals surface area contributed by atoms with Crippen molar-refractivity contribution in [2.45, 2.75) is 57.4 Å². The van der Waals surface area contributed by atoms with E-state index in [4.69, 9.17) is 0 Å². The average molecular weight is 293 g/mol. The monoisotopic (exact) mass is 293 g/mol. The van der Waals surface area contributed by atoms with Crippen LogP contribution >= 0.6 is 11.8 Å². The number of anilines is 1. The van der Waals surface area contributed by atoms with E-state index in [1.165, 1.54) is 0 Å². The summed E-state index contributed by atoms with van der Waals surface area (Å²) in [6.07, 6.45) is 4.23. The highest BCUT2D eigenvalue weighted by molar-refractivity contribution is 7.98. The van der Waals surface area contributed by atoms with E-state index in [-0.39, 0.29) is 0 Å². The highest BCUT2D eigenvalue weighted by Gasteiger charge is 2.15. The van der Waals surface area contributed by atoms with Gasteiger partial charge in [-0.15, -0.1) is 27.1 Å². The van der Waals surface area contributed by atoms with Gasteiger partial charge >= 0.3 is 0 Å². The smallest absolute Gasteiger partial charge is 0.191 e. The second kappa shape index (κ2) is 6.43. The molecule has 0 saturated carbocycles. The number of fused-ring (bicyclic) bond motifs is 1. The zero-order chi connectivity index (χ0) is 14.7. The molecule has 2 heterocycles. The minimum Gasteiger partial charge on any atom is -0.366 e. The van der Waals surface area contributed by atoms with Gasteiger partial charge in [-0.25, -0.2) is 0 Å². The zero-order valence-electron chi connectivity index (χ0n) is 12.8. The molecule has 2 aromatic heterocycles. The number of hydrogen-bond donors (Lipinski definition) is 1. The fourth-order valence-corrected chi connectivity index (χ4v) is 2.69. The lowest BCUT2D eigenvalue weighted by Gasteiger charge is -2.16. The number of aromatic nitrogens is 4. The Morgan fingerprint density at radius 3 is 2.50 bits per heavy atom. The van der Waals surface area contributed by atoms with Crippen molar-refractivity contribution < 1.29 is 0 Å². The lowest BCUT2D eigenvalue weighted by Crippen LogP contribution is -2.19. The molecule has 6 heteroatoms. The molecule has 0 aliphatic rings. The van der Waals surface area contributed by atoms with Crippen molar-refractivity contribution in [3.8, 4) is 0 Å². The third-order valence-electron chi connectivity index (χ3n) is 3.43.